The summed E-state index contributed by atoms with van der Waals surface area (Å²) in [6, 6.07) is 7.69. The van der Waals surface area contributed by atoms with Gasteiger partial charge in [0.25, 0.3) is 0 Å². The molecule has 0 aliphatic rings. The molecule has 4 heteroatoms. The minimum Gasteiger partial charge on any atom is -0.457 e. The maximum atomic E-state index is 9.82. The van der Waals surface area contributed by atoms with Gasteiger partial charge in [-0.15, -0.1) is 0 Å². The maximum absolute atomic E-state index is 9.82. The molecule has 0 amide bonds. The molecule has 1 atom stereocenters. The molecule has 2 N–H and O–H groups in total. The van der Waals surface area contributed by atoms with Crippen LogP contribution in [0.1, 0.15) is 11.9 Å². The zero-order chi connectivity index (χ0) is 10.8. The Balaban J connectivity index is 2.48. The summed E-state index contributed by atoms with van der Waals surface area (Å²) >= 11 is 3.44. The van der Waals surface area contributed by atoms with Crippen molar-refractivity contribution in [1.29, 1.82) is 0 Å². The number of rotatable bonds is 3. The number of nitrogens with one attached hydrogen (secondary N) is 1. The Kier molecular flexibility index (Phi) is 3.09. The molecule has 1 aromatic heterocycles. The first kappa shape index (κ1) is 10.7. The summed E-state index contributed by atoms with van der Waals surface area (Å²) in [5, 5.41) is 13.7. The molecule has 3 nitrogen and oxygen atoms in total. The van der Waals surface area contributed by atoms with Gasteiger partial charge in [0.1, 0.15) is 17.4 Å². The van der Waals surface area contributed by atoms with Crippen LogP contribution in [-0.4, -0.2) is 18.7 Å². The van der Waals surface area contributed by atoms with Gasteiger partial charge in [0.15, 0.2) is 0 Å². The fraction of sp³-hybridized carbons (Fsp3) is 0.273. The molecule has 0 saturated heterocycles. The monoisotopic (exact) mass is 269 g/mol. The van der Waals surface area contributed by atoms with Crippen LogP contribution in [0.2, 0.25) is 0 Å². The summed E-state index contributed by atoms with van der Waals surface area (Å²) < 4.78 is 6.41. The highest BCUT2D eigenvalue weighted by atomic mass is 79.9. The highest BCUT2D eigenvalue weighted by molar-refractivity contribution is 9.10. The van der Waals surface area contributed by atoms with Gasteiger partial charge in [-0.1, -0.05) is 12.1 Å². The number of furan rings is 1. The largest absolute Gasteiger partial charge is 0.457 e. The van der Waals surface area contributed by atoms with E-state index in [4.69, 9.17) is 4.42 Å². The van der Waals surface area contributed by atoms with E-state index in [1.807, 2.05) is 24.3 Å². The van der Waals surface area contributed by atoms with Crippen molar-refractivity contribution in [2.75, 3.05) is 13.6 Å². The van der Waals surface area contributed by atoms with Gasteiger partial charge >= 0.3 is 0 Å². The molecule has 2 aromatic rings. The van der Waals surface area contributed by atoms with E-state index in [1.165, 1.54) is 0 Å². The number of aliphatic hydroxyl groups is 1. The van der Waals surface area contributed by atoms with E-state index >= 15 is 0 Å². The zero-order valence-corrected chi connectivity index (χ0v) is 9.91. The van der Waals surface area contributed by atoms with Gasteiger partial charge in [-0.3, -0.25) is 0 Å². The lowest BCUT2D eigenvalue weighted by molar-refractivity contribution is 0.151. The molecule has 0 radical (unpaired) electrons. The first-order valence-electron chi connectivity index (χ1n) is 4.73. The summed E-state index contributed by atoms with van der Waals surface area (Å²) in [5.41, 5.74) is 0.787. The second kappa shape index (κ2) is 4.35. The summed E-state index contributed by atoms with van der Waals surface area (Å²) in [7, 11) is 1.79. The molecular formula is C11H12BrNO2. The molecule has 80 valence electrons. The maximum Gasteiger partial charge on any atom is 0.149 e. The van der Waals surface area contributed by atoms with Crippen LogP contribution in [0.3, 0.4) is 0 Å². The first-order chi connectivity index (χ1) is 7.24. The third kappa shape index (κ3) is 1.93. The fourth-order valence-electron chi connectivity index (χ4n) is 1.53. The Morgan fingerprint density at radius 1 is 1.47 bits per heavy atom. The van der Waals surface area contributed by atoms with Gasteiger partial charge < -0.3 is 14.8 Å². The number of hydrogen-bond donors (Lipinski definition) is 2. The molecule has 0 aliphatic carbocycles. The van der Waals surface area contributed by atoms with E-state index in [-0.39, 0.29) is 0 Å². The number of halogens is 1. The van der Waals surface area contributed by atoms with E-state index in [0.29, 0.717) is 12.3 Å². The van der Waals surface area contributed by atoms with E-state index < -0.39 is 6.10 Å². The average molecular weight is 270 g/mol. The van der Waals surface area contributed by atoms with Crippen molar-refractivity contribution in [1.82, 2.24) is 5.32 Å². The van der Waals surface area contributed by atoms with Gasteiger partial charge in [0, 0.05) is 11.9 Å². The van der Waals surface area contributed by atoms with Crippen LogP contribution in [0.5, 0.6) is 0 Å². The average Bonchev–Trinajstić information content (AvgIpc) is 2.57. The van der Waals surface area contributed by atoms with Crippen molar-refractivity contribution in [3.05, 3.63) is 34.5 Å². The highest BCUT2D eigenvalue weighted by Crippen LogP contribution is 2.34. The molecule has 1 aromatic carbocycles. The number of fused-ring (bicyclic) bond motifs is 1. The van der Waals surface area contributed by atoms with Crippen LogP contribution in [0.4, 0.5) is 0 Å². The van der Waals surface area contributed by atoms with E-state index in [9.17, 15) is 5.11 Å². The van der Waals surface area contributed by atoms with Crippen molar-refractivity contribution in [3.8, 4) is 0 Å². The minimum atomic E-state index is -0.628. The van der Waals surface area contributed by atoms with Crippen LogP contribution in [0.15, 0.2) is 33.2 Å². The number of para-hydroxylation sites is 1. The van der Waals surface area contributed by atoms with Gasteiger partial charge in [-0.2, -0.15) is 0 Å². The Morgan fingerprint density at radius 3 is 2.87 bits per heavy atom. The predicted octanol–water partition coefficient (Wildman–Crippen LogP) is 2.45. The van der Waals surface area contributed by atoms with Crippen LogP contribution >= 0.6 is 15.9 Å². The molecule has 0 spiro atoms. The number of hydrogen-bond acceptors (Lipinski definition) is 3. The smallest absolute Gasteiger partial charge is 0.149 e. The molecule has 0 fully saturated rings. The Bertz CT molecular complexity index is 467. The lowest BCUT2D eigenvalue weighted by Crippen LogP contribution is -2.16. The summed E-state index contributed by atoms with van der Waals surface area (Å²) in [6.07, 6.45) is -0.628. The summed E-state index contributed by atoms with van der Waals surface area (Å²) in [5.74, 6) is 0.575. The lowest BCUT2D eigenvalue weighted by atomic mass is 10.2. The van der Waals surface area contributed by atoms with E-state index in [1.54, 1.807) is 7.05 Å². The fourth-order valence-corrected chi connectivity index (χ4v) is 2.21. The molecule has 0 bridgehead atoms. The minimum absolute atomic E-state index is 0.471. The Labute approximate surface area is 96.2 Å². The standard InChI is InChI=1S/C11H12BrNO2/c1-13-6-8(14)11-10(12)7-4-2-3-5-9(7)15-11/h2-5,8,13-14H,6H2,1H3. The van der Waals surface area contributed by atoms with Gasteiger partial charge in [0.05, 0.1) is 4.47 Å². The second-order valence-electron chi connectivity index (χ2n) is 3.35. The van der Waals surface area contributed by atoms with Gasteiger partial charge in [-0.05, 0) is 35.1 Å². The second-order valence-corrected chi connectivity index (χ2v) is 4.14. The van der Waals surface area contributed by atoms with Crippen molar-refractivity contribution >= 4 is 26.9 Å². The summed E-state index contributed by atoms with van der Waals surface area (Å²) in [4.78, 5) is 0. The quantitative estimate of drug-likeness (QED) is 0.900. The zero-order valence-electron chi connectivity index (χ0n) is 8.33. The highest BCUT2D eigenvalue weighted by Gasteiger charge is 2.18. The van der Waals surface area contributed by atoms with Crippen molar-refractivity contribution in [2.45, 2.75) is 6.10 Å². The van der Waals surface area contributed by atoms with Crippen LogP contribution < -0.4 is 5.32 Å². The molecule has 1 heterocycles. The van der Waals surface area contributed by atoms with Gasteiger partial charge in [-0.25, -0.2) is 0 Å². The number of benzene rings is 1. The normalized spacial score (nSPS) is 13.3. The topological polar surface area (TPSA) is 45.4 Å². The van der Waals surface area contributed by atoms with Crippen molar-refractivity contribution < 1.29 is 9.52 Å². The summed E-state index contributed by atoms with van der Waals surface area (Å²) in [6.45, 7) is 0.471. The SMILES string of the molecule is CNCC(O)c1oc2ccccc2c1Br. The Morgan fingerprint density at radius 2 is 2.20 bits per heavy atom. The molecule has 0 aliphatic heterocycles. The van der Waals surface area contributed by atoms with Crippen molar-refractivity contribution in [3.63, 3.8) is 0 Å². The third-order valence-electron chi connectivity index (χ3n) is 2.26. The van der Waals surface area contributed by atoms with Crippen LogP contribution in [0.25, 0.3) is 11.0 Å². The third-order valence-corrected chi connectivity index (χ3v) is 3.08. The first-order valence-corrected chi connectivity index (χ1v) is 5.53. The number of likely N-dealkylation sites (N-methyl/N-ethyl adjacent to an activating group) is 1. The molecule has 0 saturated carbocycles. The lowest BCUT2D eigenvalue weighted by Gasteiger charge is -2.06. The number of aliphatic hydroxyl groups excluding tert-OH is 1. The molecule has 15 heavy (non-hydrogen) atoms. The molecular weight excluding hydrogens is 258 g/mol. The van der Waals surface area contributed by atoms with Crippen LogP contribution in [0, 0.1) is 0 Å². The van der Waals surface area contributed by atoms with E-state index in [0.717, 1.165) is 15.4 Å². The van der Waals surface area contributed by atoms with Gasteiger partial charge in [0.2, 0.25) is 0 Å². The van der Waals surface area contributed by atoms with E-state index in [2.05, 4.69) is 21.2 Å². The molecule has 2 rings (SSSR count). The van der Waals surface area contributed by atoms with Crippen molar-refractivity contribution in [2.24, 2.45) is 0 Å². The van der Waals surface area contributed by atoms with Crippen LogP contribution in [-0.2, 0) is 0 Å². The Hall–Kier alpha value is -0.840. The predicted molar refractivity (Wildman–Crippen MR) is 62.8 cm³/mol. The molecule has 1 unspecified atom stereocenters.